The molecule has 0 unspecified atom stereocenters. The fraction of sp³-hybridized carbons (Fsp3) is 0. The Morgan fingerprint density at radius 3 is 1.77 bits per heavy atom. The Morgan fingerprint density at radius 1 is 0.767 bits per heavy atom. The topological polar surface area (TPSA) is 72.3 Å². The molecular weight excluding hydrogens is 483 g/mol. The molecule has 5 rings (SSSR count). The Hall–Kier alpha value is -3.39. The van der Waals surface area contributed by atoms with Gasteiger partial charge < -0.3 is 0 Å². The SMILES string of the molecule is O=c1cc([O][Sn]([c]2ccccc2)([c]2ccccc2)[c]2ccccc2)n2ncnc2[nH]1. The number of rotatable bonds is 5. The Labute approximate surface area is 177 Å². The van der Waals surface area contributed by atoms with E-state index in [1.54, 1.807) is 4.52 Å². The van der Waals surface area contributed by atoms with Gasteiger partial charge in [-0.3, -0.25) is 0 Å². The van der Waals surface area contributed by atoms with E-state index < -0.39 is 18.8 Å². The molecule has 6 nitrogen and oxygen atoms in total. The van der Waals surface area contributed by atoms with Crippen LogP contribution in [-0.4, -0.2) is 38.4 Å². The van der Waals surface area contributed by atoms with Crippen molar-refractivity contribution in [1.29, 1.82) is 0 Å². The van der Waals surface area contributed by atoms with E-state index in [-0.39, 0.29) is 5.56 Å². The number of hydrogen-bond donors (Lipinski definition) is 1. The molecule has 1 N–H and O–H groups in total. The van der Waals surface area contributed by atoms with Gasteiger partial charge in [0.1, 0.15) is 0 Å². The molecule has 2 heterocycles. The van der Waals surface area contributed by atoms with Crippen molar-refractivity contribution in [3.8, 4) is 5.88 Å². The van der Waals surface area contributed by atoms with E-state index in [0.29, 0.717) is 11.7 Å². The molecule has 3 aromatic carbocycles. The van der Waals surface area contributed by atoms with Gasteiger partial charge in [0.25, 0.3) is 0 Å². The summed E-state index contributed by atoms with van der Waals surface area (Å²) in [5.41, 5.74) is -0.278. The van der Waals surface area contributed by atoms with Gasteiger partial charge >= 0.3 is 178 Å². The van der Waals surface area contributed by atoms with Crippen LogP contribution in [0.25, 0.3) is 5.78 Å². The number of nitrogens with zero attached hydrogens (tertiary/aromatic N) is 3. The molecule has 7 heteroatoms. The molecule has 5 aromatic rings. The fourth-order valence-corrected chi connectivity index (χ4v) is 14.6. The molecule has 0 aliphatic heterocycles. The first kappa shape index (κ1) is 18.6. The quantitative estimate of drug-likeness (QED) is 0.371. The first-order valence-electron chi connectivity index (χ1n) is 9.56. The molecule has 0 fully saturated rings. The van der Waals surface area contributed by atoms with E-state index in [1.165, 1.54) is 12.4 Å². The molecule has 0 bridgehead atoms. The molecule has 0 radical (unpaired) electrons. The van der Waals surface area contributed by atoms with Crippen LogP contribution < -0.4 is 19.4 Å². The molecule has 0 aliphatic carbocycles. The molecule has 30 heavy (non-hydrogen) atoms. The summed E-state index contributed by atoms with van der Waals surface area (Å²) in [7, 11) is 0. The van der Waals surface area contributed by atoms with Gasteiger partial charge in [0.2, 0.25) is 0 Å². The number of benzene rings is 3. The van der Waals surface area contributed by atoms with Crippen molar-refractivity contribution >= 4 is 35.3 Å². The third-order valence-corrected chi connectivity index (χ3v) is 16.3. The summed E-state index contributed by atoms with van der Waals surface area (Å²) in [5, 5.41) is 4.27. The maximum atomic E-state index is 12.3. The number of fused-ring (bicyclic) bond motifs is 1. The summed E-state index contributed by atoms with van der Waals surface area (Å²) >= 11 is -4.05. The molecular formula is C23H18N4O2Sn. The predicted molar refractivity (Wildman–Crippen MR) is 118 cm³/mol. The van der Waals surface area contributed by atoms with Crippen LogP contribution in [-0.2, 0) is 0 Å². The second-order valence-electron chi connectivity index (χ2n) is 6.85. The van der Waals surface area contributed by atoms with Gasteiger partial charge in [0, 0.05) is 0 Å². The Morgan fingerprint density at radius 2 is 1.27 bits per heavy atom. The molecule has 146 valence electrons. The van der Waals surface area contributed by atoms with E-state index in [2.05, 4.69) is 51.5 Å². The molecule has 0 amide bonds. The van der Waals surface area contributed by atoms with Crippen molar-refractivity contribution in [2.24, 2.45) is 0 Å². The van der Waals surface area contributed by atoms with E-state index >= 15 is 0 Å². The number of H-pyrrole nitrogens is 1. The van der Waals surface area contributed by atoms with Crippen molar-refractivity contribution in [1.82, 2.24) is 19.6 Å². The summed E-state index contributed by atoms with van der Waals surface area (Å²) in [4.78, 5) is 19.1. The molecule has 0 spiro atoms. The van der Waals surface area contributed by atoms with Crippen molar-refractivity contribution in [2.75, 3.05) is 0 Å². The second-order valence-corrected chi connectivity index (χ2v) is 16.3. The minimum atomic E-state index is -4.05. The summed E-state index contributed by atoms with van der Waals surface area (Å²) in [5.74, 6) is 0.741. The average molecular weight is 501 g/mol. The Bertz CT molecular complexity index is 1240. The van der Waals surface area contributed by atoms with Gasteiger partial charge in [-0.15, -0.1) is 0 Å². The van der Waals surface area contributed by atoms with Crippen molar-refractivity contribution in [3.63, 3.8) is 0 Å². The van der Waals surface area contributed by atoms with E-state index in [4.69, 9.17) is 3.07 Å². The summed E-state index contributed by atoms with van der Waals surface area (Å²) < 4.78 is 11.9. The van der Waals surface area contributed by atoms with Crippen molar-refractivity contribution < 1.29 is 3.07 Å². The van der Waals surface area contributed by atoms with E-state index in [1.807, 2.05) is 54.6 Å². The van der Waals surface area contributed by atoms with Crippen LogP contribution in [0.5, 0.6) is 5.88 Å². The van der Waals surface area contributed by atoms with E-state index in [0.717, 1.165) is 10.7 Å². The van der Waals surface area contributed by atoms with Gasteiger partial charge in [0.05, 0.1) is 0 Å². The summed E-state index contributed by atoms with van der Waals surface area (Å²) in [6.45, 7) is 0. The standard InChI is InChI=1S/3C6H5.C5H4N4O2.Sn/c3*1-2-4-6-5-3-1;10-3-1-4(11)9-5(8-3)6-2-7-9;/h3*1-5H;1-2,11H,(H,6,7,8,10);/q;;;;+1/p-1. The van der Waals surface area contributed by atoms with Crippen LogP contribution in [0.4, 0.5) is 0 Å². The molecule has 0 saturated heterocycles. The first-order chi connectivity index (χ1) is 14.8. The average Bonchev–Trinajstić information content (AvgIpc) is 3.28. The zero-order chi connectivity index (χ0) is 20.4. The van der Waals surface area contributed by atoms with Crippen LogP contribution in [0, 0.1) is 0 Å². The van der Waals surface area contributed by atoms with Crippen LogP contribution in [0.3, 0.4) is 0 Å². The molecule has 0 saturated carbocycles. The third-order valence-electron chi connectivity index (χ3n) is 5.04. The molecule has 0 atom stereocenters. The summed E-state index contributed by atoms with van der Waals surface area (Å²) in [6.07, 6.45) is 1.41. The van der Waals surface area contributed by atoms with Crippen LogP contribution >= 0.6 is 0 Å². The predicted octanol–water partition coefficient (Wildman–Crippen LogP) is 1.46. The third kappa shape index (κ3) is 3.19. The maximum absolute atomic E-state index is 12.3. The van der Waals surface area contributed by atoms with Crippen LogP contribution in [0.2, 0.25) is 0 Å². The van der Waals surface area contributed by atoms with Crippen molar-refractivity contribution in [3.05, 3.63) is 114 Å². The number of hydrogen-bond acceptors (Lipinski definition) is 4. The molecule has 0 aliphatic rings. The monoisotopic (exact) mass is 502 g/mol. The zero-order valence-electron chi connectivity index (χ0n) is 16.0. The van der Waals surface area contributed by atoms with Crippen LogP contribution in [0.15, 0.2) is 108 Å². The normalized spacial score (nSPS) is 11.5. The van der Waals surface area contributed by atoms with Crippen LogP contribution in [0.1, 0.15) is 0 Å². The summed E-state index contributed by atoms with van der Waals surface area (Å²) in [6, 6.07) is 32.3. The van der Waals surface area contributed by atoms with Gasteiger partial charge in [-0.25, -0.2) is 0 Å². The Balaban J connectivity index is 1.84. The van der Waals surface area contributed by atoms with Gasteiger partial charge in [-0.2, -0.15) is 0 Å². The number of aromatic amines is 1. The number of nitrogens with one attached hydrogen (secondary N) is 1. The second kappa shape index (κ2) is 7.79. The van der Waals surface area contributed by atoms with E-state index in [9.17, 15) is 4.79 Å². The molecule has 2 aromatic heterocycles. The zero-order valence-corrected chi connectivity index (χ0v) is 18.8. The van der Waals surface area contributed by atoms with Gasteiger partial charge in [0.15, 0.2) is 0 Å². The number of aromatic nitrogens is 4. The first-order valence-corrected chi connectivity index (χ1v) is 15.0. The van der Waals surface area contributed by atoms with Gasteiger partial charge in [-0.1, -0.05) is 0 Å². The Kier molecular flexibility index (Phi) is 4.84. The van der Waals surface area contributed by atoms with Crippen molar-refractivity contribution in [2.45, 2.75) is 0 Å². The van der Waals surface area contributed by atoms with Gasteiger partial charge in [-0.05, 0) is 0 Å². The minimum absolute atomic E-state index is 0.278. The fourth-order valence-electron chi connectivity index (χ4n) is 3.73.